The average molecular weight is 247 g/mol. The summed E-state index contributed by atoms with van der Waals surface area (Å²) in [4.78, 5) is 14.1. The van der Waals surface area contributed by atoms with E-state index in [1.54, 1.807) is 6.92 Å². The van der Waals surface area contributed by atoms with E-state index in [9.17, 15) is 9.90 Å². The van der Waals surface area contributed by atoms with Gasteiger partial charge in [0.25, 0.3) is 0 Å². The number of aliphatic hydroxyl groups excluding tert-OH is 1. The number of nitrogens with zero attached hydrogens (tertiary/aromatic N) is 1. The zero-order valence-corrected chi connectivity index (χ0v) is 10.9. The van der Waals surface area contributed by atoms with Gasteiger partial charge in [0.15, 0.2) is 0 Å². The summed E-state index contributed by atoms with van der Waals surface area (Å²) in [6.45, 7) is 2.57. The average Bonchev–Trinajstić information content (AvgIpc) is 2.86. The molecule has 3 nitrogen and oxygen atoms in total. The van der Waals surface area contributed by atoms with Crippen LogP contribution in [0.4, 0.5) is 0 Å². The van der Waals surface area contributed by atoms with Crippen molar-refractivity contribution in [3.63, 3.8) is 0 Å². The highest BCUT2D eigenvalue weighted by Crippen LogP contribution is 2.32. The highest BCUT2D eigenvalue weighted by atomic mass is 16.3. The Morgan fingerprint density at radius 1 is 1.44 bits per heavy atom. The lowest BCUT2D eigenvalue weighted by Crippen LogP contribution is -2.30. The Kier molecular flexibility index (Phi) is 4.37. The van der Waals surface area contributed by atoms with Gasteiger partial charge in [0, 0.05) is 13.0 Å². The lowest BCUT2D eigenvalue weighted by molar-refractivity contribution is -0.132. The molecular weight excluding hydrogens is 226 g/mol. The fourth-order valence-electron chi connectivity index (χ4n) is 2.56. The monoisotopic (exact) mass is 247 g/mol. The number of rotatable bonds is 4. The molecule has 1 fully saturated rings. The molecule has 0 saturated carbocycles. The Labute approximate surface area is 108 Å². The van der Waals surface area contributed by atoms with E-state index in [4.69, 9.17) is 0 Å². The summed E-state index contributed by atoms with van der Waals surface area (Å²) >= 11 is 0. The van der Waals surface area contributed by atoms with Crippen LogP contribution in [0, 0.1) is 0 Å². The van der Waals surface area contributed by atoms with Gasteiger partial charge in [-0.05, 0) is 31.7 Å². The van der Waals surface area contributed by atoms with Crippen LogP contribution < -0.4 is 0 Å². The Morgan fingerprint density at radius 2 is 2.17 bits per heavy atom. The Bertz CT molecular complexity index is 389. The number of likely N-dealkylation sites (tertiary alicyclic amines) is 1. The van der Waals surface area contributed by atoms with E-state index in [1.807, 2.05) is 23.1 Å². The normalized spacial score (nSPS) is 21.0. The van der Waals surface area contributed by atoms with Crippen LogP contribution in [0.15, 0.2) is 30.3 Å². The van der Waals surface area contributed by atoms with Gasteiger partial charge in [-0.1, -0.05) is 30.3 Å². The molecule has 1 saturated heterocycles. The fourth-order valence-corrected chi connectivity index (χ4v) is 2.56. The first-order valence-corrected chi connectivity index (χ1v) is 6.71. The van der Waals surface area contributed by atoms with Crippen molar-refractivity contribution >= 4 is 5.91 Å². The number of carbonyl (C=O) groups is 1. The highest BCUT2D eigenvalue weighted by molar-refractivity contribution is 5.77. The lowest BCUT2D eigenvalue weighted by Gasteiger charge is -2.25. The van der Waals surface area contributed by atoms with Crippen molar-refractivity contribution in [3.8, 4) is 0 Å². The largest absolute Gasteiger partial charge is 0.393 e. The molecule has 2 rings (SSSR count). The Balaban J connectivity index is 2.01. The van der Waals surface area contributed by atoms with Gasteiger partial charge >= 0.3 is 0 Å². The van der Waals surface area contributed by atoms with Crippen LogP contribution in [0.3, 0.4) is 0 Å². The van der Waals surface area contributed by atoms with Crippen molar-refractivity contribution < 1.29 is 9.90 Å². The molecule has 18 heavy (non-hydrogen) atoms. The van der Waals surface area contributed by atoms with Gasteiger partial charge in [0.2, 0.25) is 5.91 Å². The van der Waals surface area contributed by atoms with Crippen LogP contribution in [0.25, 0.3) is 0 Å². The maximum atomic E-state index is 12.1. The maximum Gasteiger partial charge on any atom is 0.223 e. The van der Waals surface area contributed by atoms with Crippen LogP contribution >= 0.6 is 0 Å². The molecule has 1 N–H and O–H groups in total. The predicted octanol–water partition coefficient (Wildman–Crippen LogP) is 2.51. The summed E-state index contributed by atoms with van der Waals surface area (Å²) < 4.78 is 0. The molecule has 1 aromatic rings. The summed E-state index contributed by atoms with van der Waals surface area (Å²) in [5.41, 5.74) is 1.22. The molecule has 0 aromatic heterocycles. The summed E-state index contributed by atoms with van der Waals surface area (Å²) in [7, 11) is 0. The number of hydrogen-bond acceptors (Lipinski definition) is 2. The van der Waals surface area contributed by atoms with E-state index in [0.29, 0.717) is 12.8 Å². The third-order valence-electron chi connectivity index (χ3n) is 3.53. The molecule has 0 spiro atoms. The van der Waals surface area contributed by atoms with E-state index in [-0.39, 0.29) is 11.9 Å². The molecule has 0 bridgehead atoms. The van der Waals surface area contributed by atoms with Crippen LogP contribution in [-0.4, -0.2) is 28.6 Å². The molecule has 1 heterocycles. The molecule has 1 aliphatic heterocycles. The first kappa shape index (κ1) is 13.1. The second-order valence-electron chi connectivity index (χ2n) is 5.04. The molecule has 1 aliphatic rings. The van der Waals surface area contributed by atoms with Gasteiger partial charge in [-0.3, -0.25) is 4.79 Å². The summed E-state index contributed by atoms with van der Waals surface area (Å²) in [6.07, 6.45) is 2.72. The zero-order chi connectivity index (χ0) is 13.0. The van der Waals surface area contributed by atoms with Crippen molar-refractivity contribution in [1.29, 1.82) is 0 Å². The molecule has 3 heteroatoms. The lowest BCUT2D eigenvalue weighted by atomic mass is 10.0. The van der Waals surface area contributed by atoms with Crippen LogP contribution in [-0.2, 0) is 4.79 Å². The van der Waals surface area contributed by atoms with E-state index in [1.165, 1.54) is 5.56 Å². The molecule has 0 aliphatic carbocycles. The van der Waals surface area contributed by atoms with E-state index in [2.05, 4.69) is 12.1 Å². The van der Waals surface area contributed by atoms with Gasteiger partial charge in [-0.15, -0.1) is 0 Å². The van der Waals surface area contributed by atoms with Crippen molar-refractivity contribution in [2.24, 2.45) is 0 Å². The number of hydrogen-bond donors (Lipinski definition) is 1. The van der Waals surface area contributed by atoms with Crippen LogP contribution in [0.1, 0.15) is 44.2 Å². The molecule has 2 atom stereocenters. The standard InChI is InChI=1S/C15H21NO2/c1-12(17)9-10-15(18)16-11-5-8-14(16)13-6-3-2-4-7-13/h2-4,6-7,12,14,17H,5,8-11H2,1H3. The third kappa shape index (κ3) is 3.10. The van der Waals surface area contributed by atoms with E-state index >= 15 is 0 Å². The molecule has 2 unspecified atom stereocenters. The Morgan fingerprint density at radius 3 is 2.83 bits per heavy atom. The van der Waals surface area contributed by atoms with Crippen molar-refractivity contribution in [2.45, 2.75) is 44.8 Å². The smallest absolute Gasteiger partial charge is 0.223 e. The van der Waals surface area contributed by atoms with E-state index in [0.717, 1.165) is 19.4 Å². The van der Waals surface area contributed by atoms with Crippen LogP contribution in [0.2, 0.25) is 0 Å². The number of carbonyl (C=O) groups excluding carboxylic acids is 1. The highest BCUT2D eigenvalue weighted by Gasteiger charge is 2.29. The van der Waals surface area contributed by atoms with Crippen LogP contribution in [0.5, 0.6) is 0 Å². The van der Waals surface area contributed by atoms with Crippen molar-refractivity contribution in [3.05, 3.63) is 35.9 Å². The fraction of sp³-hybridized carbons (Fsp3) is 0.533. The zero-order valence-electron chi connectivity index (χ0n) is 10.9. The number of benzene rings is 1. The topological polar surface area (TPSA) is 40.5 Å². The Hall–Kier alpha value is -1.35. The third-order valence-corrected chi connectivity index (χ3v) is 3.53. The first-order chi connectivity index (χ1) is 8.68. The van der Waals surface area contributed by atoms with Gasteiger partial charge in [0.1, 0.15) is 0 Å². The van der Waals surface area contributed by atoms with Crippen molar-refractivity contribution in [1.82, 2.24) is 4.90 Å². The number of aliphatic hydroxyl groups is 1. The molecule has 1 amide bonds. The summed E-state index contributed by atoms with van der Waals surface area (Å²) in [5.74, 6) is 0.169. The minimum absolute atomic E-state index is 0.169. The van der Waals surface area contributed by atoms with Gasteiger partial charge in [0.05, 0.1) is 12.1 Å². The SMILES string of the molecule is CC(O)CCC(=O)N1CCCC1c1ccccc1. The van der Waals surface area contributed by atoms with Gasteiger partial charge < -0.3 is 10.0 Å². The molecule has 0 radical (unpaired) electrons. The van der Waals surface area contributed by atoms with Gasteiger partial charge in [-0.2, -0.15) is 0 Å². The molecular formula is C15H21NO2. The summed E-state index contributed by atoms with van der Waals surface area (Å²) in [6, 6.07) is 10.4. The minimum atomic E-state index is -0.397. The number of amides is 1. The van der Waals surface area contributed by atoms with Crippen molar-refractivity contribution in [2.75, 3.05) is 6.54 Å². The predicted molar refractivity (Wildman–Crippen MR) is 71.0 cm³/mol. The molecule has 98 valence electrons. The first-order valence-electron chi connectivity index (χ1n) is 6.71. The second kappa shape index (κ2) is 6.01. The van der Waals surface area contributed by atoms with Gasteiger partial charge in [-0.25, -0.2) is 0 Å². The minimum Gasteiger partial charge on any atom is -0.393 e. The second-order valence-corrected chi connectivity index (χ2v) is 5.04. The quantitative estimate of drug-likeness (QED) is 0.888. The summed E-state index contributed by atoms with van der Waals surface area (Å²) in [5, 5.41) is 9.26. The maximum absolute atomic E-state index is 12.1. The van der Waals surface area contributed by atoms with E-state index < -0.39 is 6.10 Å². The molecule has 1 aromatic carbocycles.